The van der Waals surface area contributed by atoms with E-state index < -0.39 is 5.97 Å². The molecule has 0 unspecified atom stereocenters. The summed E-state index contributed by atoms with van der Waals surface area (Å²) >= 11 is 0. The van der Waals surface area contributed by atoms with E-state index in [1.54, 1.807) is 12.1 Å². The van der Waals surface area contributed by atoms with Crippen molar-refractivity contribution >= 4 is 17.3 Å². The van der Waals surface area contributed by atoms with Gasteiger partial charge in [0, 0.05) is 17.9 Å². The summed E-state index contributed by atoms with van der Waals surface area (Å²) in [4.78, 5) is 11.0. The third-order valence-electron chi connectivity index (χ3n) is 5.06. The van der Waals surface area contributed by atoms with Crippen molar-refractivity contribution < 1.29 is 9.90 Å². The highest BCUT2D eigenvalue weighted by Crippen LogP contribution is 2.17. The normalized spacial score (nSPS) is 10.9. The van der Waals surface area contributed by atoms with Gasteiger partial charge in [-0.15, -0.1) is 0 Å². The third kappa shape index (κ3) is 12.3. The van der Waals surface area contributed by atoms with Gasteiger partial charge < -0.3 is 16.2 Å². The van der Waals surface area contributed by atoms with Gasteiger partial charge in [-0.1, -0.05) is 90.4 Å². The highest BCUT2D eigenvalue weighted by atomic mass is 16.4. The van der Waals surface area contributed by atoms with Crippen molar-refractivity contribution in [2.75, 3.05) is 17.6 Å². The number of hydrogen-bond donors (Lipinski definition) is 3. The van der Waals surface area contributed by atoms with E-state index in [2.05, 4.69) is 12.2 Å². The molecular weight excluding hydrogens is 336 g/mol. The van der Waals surface area contributed by atoms with Crippen LogP contribution < -0.4 is 11.1 Å². The first kappa shape index (κ1) is 23.3. The monoisotopic (exact) mass is 376 g/mol. The summed E-state index contributed by atoms with van der Waals surface area (Å²) in [5.74, 6) is -0.943. The van der Waals surface area contributed by atoms with Crippen LogP contribution in [0.4, 0.5) is 11.4 Å². The molecule has 0 saturated heterocycles. The lowest BCUT2D eigenvalue weighted by molar-refractivity contribution is 0.0697. The van der Waals surface area contributed by atoms with Crippen molar-refractivity contribution in [1.29, 1.82) is 0 Å². The first-order valence-electron chi connectivity index (χ1n) is 11.0. The molecule has 0 saturated carbocycles. The van der Waals surface area contributed by atoms with Crippen LogP contribution in [0.2, 0.25) is 0 Å². The van der Waals surface area contributed by atoms with Crippen LogP contribution in [0.25, 0.3) is 0 Å². The fourth-order valence-electron chi connectivity index (χ4n) is 3.43. The number of aromatic carboxylic acids is 1. The predicted octanol–water partition coefficient (Wildman–Crippen LogP) is 6.86. The second kappa shape index (κ2) is 15.4. The van der Waals surface area contributed by atoms with Crippen molar-refractivity contribution in [3.05, 3.63) is 23.8 Å². The second-order valence-corrected chi connectivity index (χ2v) is 7.67. The van der Waals surface area contributed by atoms with E-state index in [0.29, 0.717) is 5.69 Å². The van der Waals surface area contributed by atoms with Crippen LogP contribution in [0.1, 0.15) is 107 Å². The van der Waals surface area contributed by atoms with Gasteiger partial charge in [0.25, 0.3) is 0 Å². The van der Waals surface area contributed by atoms with Crippen LogP contribution in [-0.2, 0) is 0 Å². The summed E-state index contributed by atoms with van der Waals surface area (Å²) in [5, 5.41) is 12.3. The van der Waals surface area contributed by atoms with Gasteiger partial charge >= 0.3 is 5.97 Å². The Morgan fingerprint density at radius 2 is 1.30 bits per heavy atom. The number of nitrogen functional groups attached to an aromatic ring is 1. The maximum Gasteiger partial charge on any atom is 0.335 e. The summed E-state index contributed by atoms with van der Waals surface area (Å²) < 4.78 is 0. The Kier molecular flexibility index (Phi) is 13.3. The molecule has 1 aromatic rings. The number of hydrogen-bond acceptors (Lipinski definition) is 3. The number of nitrogens with one attached hydrogen (secondary N) is 1. The molecule has 4 N–H and O–H groups in total. The van der Waals surface area contributed by atoms with Gasteiger partial charge in [0.05, 0.1) is 5.56 Å². The fourth-order valence-corrected chi connectivity index (χ4v) is 3.43. The number of carbonyl (C=O) groups is 1. The summed E-state index contributed by atoms with van der Waals surface area (Å²) in [5.41, 5.74) is 7.26. The Balaban J connectivity index is 1.91. The van der Waals surface area contributed by atoms with Crippen LogP contribution in [-0.4, -0.2) is 17.6 Å². The van der Waals surface area contributed by atoms with Crippen molar-refractivity contribution in [2.45, 2.75) is 96.8 Å². The topological polar surface area (TPSA) is 75.3 Å². The highest BCUT2D eigenvalue weighted by Gasteiger charge is 2.05. The Morgan fingerprint density at radius 3 is 1.78 bits per heavy atom. The average molecular weight is 377 g/mol. The van der Waals surface area contributed by atoms with Crippen LogP contribution >= 0.6 is 0 Å². The van der Waals surface area contributed by atoms with Crippen LogP contribution in [0, 0.1) is 0 Å². The summed E-state index contributed by atoms with van der Waals surface area (Å²) in [6, 6.07) is 4.92. The molecule has 0 heterocycles. The average Bonchev–Trinajstić information content (AvgIpc) is 2.64. The van der Waals surface area contributed by atoms with Gasteiger partial charge in [-0.05, 0) is 24.6 Å². The quantitative estimate of drug-likeness (QED) is 0.205. The van der Waals surface area contributed by atoms with E-state index in [4.69, 9.17) is 10.8 Å². The minimum absolute atomic E-state index is 0.235. The largest absolute Gasteiger partial charge is 0.478 e. The number of anilines is 2. The molecule has 4 heteroatoms. The van der Waals surface area contributed by atoms with E-state index in [0.717, 1.165) is 18.7 Å². The molecule has 1 rings (SSSR count). The third-order valence-corrected chi connectivity index (χ3v) is 5.06. The smallest absolute Gasteiger partial charge is 0.335 e. The molecule has 1 aromatic carbocycles. The minimum atomic E-state index is -0.943. The molecule has 154 valence electrons. The zero-order chi connectivity index (χ0) is 19.7. The molecule has 0 spiro atoms. The van der Waals surface area contributed by atoms with E-state index >= 15 is 0 Å². The second-order valence-electron chi connectivity index (χ2n) is 7.67. The van der Waals surface area contributed by atoms with Gasteiger partial charge in [0.15, 0.2) is 0 Å². The zero-order valence-electron chi connectivity index (χ0n) is 17.3. The van der Waals surface area contributed by atoms with Crippen LogP contribution in [0.15, 0.2) is 18.2 Å². The lowest BCUT2D eigenvalue weighted by Gasteiger charge is -2.08. The zero-order valence-corrected chi connectivity index (χ0v) is 17.3. The number of benzene rings is 1. The number of rotatable bonds is 17. The van der Waals surface area contributed by atoms with E-state index in [9.17, 15) is 4.79 Å². The molecule has 0 aliphatic carbocycles. The first-order chi connectivity index (χ1) is 13.1. The van der Waals surface area contributed by atoms with E-state index in [1.165, 1.54) is 89.5 Å². The Bertz CT molecular complexity index is 517. The predicted molar refractivity (Wildman–Crippen MR) is 117 cm³/mol. The van der Waals surface area contributed by atoms with E-state index in [1.807, 2.05) is 0 Å². The van der Waals surface area contributed by atoms with Crippen molar-refractivity contribution in [2.24, 2.45) is 0 Å². The molecule has 0 bridgehead atoms. The van der Waals surface area contributed by atoms with Gasteiger partial charge in [0.2, 0.25) is 0 Å². The number of nitrogens with two attached hydrogens (primary N) is 1. The van der Waals surface area contributed by atoms with Gasteiger partial charge in [-0.2, -0.15) is 0 Å². The van der Waals surface area contributed by atoms with Crippen molar-refractivity contribution in [3.8, 4) is 0 Å². The number of carboxylic acids is 1. The molecule has 0 aliphatic rings. The Morgan fingerprint density at radius 1 is 0.815 bits per heavy atom. The summed E-state index contributed by atoms with van der Waals surface area (Å²) in [6.07, 6.45) is 18.9. The molecule has 0 aliphatic heterocycles. The highest BCUT2D eigenvalue weighted by molar-refractivity contribution is 5.90. The maximum absolute atomic E-state index is 11.0. The lowest BCUT2D eigenvalue weighted by atomic mass is 10.0. The molecule has 0 radical (unpaired) electrons. The molecule has 27 heavy (non-hydrogen) atoms. The van der Waals surface area contributed by atoms with Crippen molar-refractivity contribution in [3.63, 3.8) is 0 Å². The lowest BCUT2D eigenvalue weighted by Crippen LogP contribution is -2.05. The Hall–Kier alpha value is -1.71. The van der Waals surface area contributed by atoms with Gasteiger partial charge in [0.1, 0.15) is 0 Å². The molecule has 0 fully saturated rings. The van der Waals surface area contributed by atoms with Gasteiger partial charge in [-0.25, -0.2) is 4.79 Å². The number of carboxylic acid groups (broad SMARTS) is 1. The molecule has 0 aromatic heterocycles. The minimum Gasteiger partial charge on any atom is -0.478 e. The van der Waals surface area contributed by atoms with E-state index in [-0.39, 0.29) is 5.56 Å². The molecule has 4 nitrogen and oxygen atoms in total. The SMILES string of the molecule is CCCCCCCCCCCCCCCCNc1cc(N)cc(C(=O)O)c1. The standard InChI is InChI=1S/C23H40N2O2/c1-2-3-4-5-6-7-8-9-10-11-12-13-14-15-16-25-22-18-20(23(26)27)17-21(24)19-22/h17-19,25H,2-16,24H2,1H3,(H,26,27). The summed E-state index contributed by atoms with van der Waals surface area (Å²) in [6.45, 7) is 3.13. The number of unbranched alkanes of at least 4 members (excludes halogenated alkanes) is 13. The molecule has 0 amide bonds. The van der Waals surface area contributed by atoms with Crippen molar-refractivity contribution in [1.82, 2.24) is 0 Å². The fraction of sp³-hybridized carbons (Fsp3) is 0.696. The summed E-state index contributed by atoms with van der Waals surface area (Å²) in [7, 11) is 0. The van der Waals surface area contributed by atoms with Crippen LogP contribution in [0.3, 0.4) is 0 Å². The Labute approximate surface area is 165 Å². The molecular formula is C23H40N2O2. The van der Waals surface area contributed by atoms with Gasteiger partial charge in [-0.3, -0.25) is 0 Å². The van der Waals surface area contributed by atoms with Crippen LogP contribution in [0.5, 0.6) is 0 Å². The molecule has 0 atom stereocenters. The maximum atomic E-state index is 11.0. The first-order valence-corrected chi connectivity index (χ1v) is 11.0.